The Balaban J connectivity index is 2.29. The molecule has 1 atom stereocenters. The van der Waals surface area contributed by atoms with E-state index in [2.05, 4.69) is 63.3 Å². The molecule has 0 radical (unpaired) electrons. The van der Waals surface area contributed by atoms with Crippen LogP contribution in [0.5, 0.6) is 0 Å². The summed E-state index contributed by atoms with van der Waals surface area (Å²) < 4.78 is 0. The van der Waals surface area contributed by atoms with Gasteiger partial charge in [0.05, 0.1) is 0 Å². The van der Waals surface area contributed by atoms with E-state index in [0.717, 1.165) is 6.54 Å². The van der Waals surface area contributed by atoms with Crippen molar-refractivity contribution < 1.29 is 0 Å². The van der Waals surface area contributed by atoms with Crippen molar-refractivity contribution in [2.45, 2.75) is 33.7 Å². The van der Waals surface area contributed by atoms with Crippen molar-refractivity contribution in [3.8, 4) is 10.4 Å². The Morgan fingerprint density at radius 1 is 1.17 bits per heavy atom. The van der Waals surface area contributed by atoms with E-state index in [0.29, 0.717) is 6.04 Å². The number of benzene rings is 1. The molecule has 1 heterocycles. The third kappa shape index (κ3) is 2.82. The van der Waals surface area contributed by atoms with Crippen molar-refractivity contribution in [2.24, 2.45) is 0 Å². The van der Waals surface area contributed by atoms with Gasteiger partial charge in [-0.3, -0.25) is 0 Å². The second kappa shape index (κ2) is 5.68. The van der Waals surface area contributed by atoms with Crippen LogP contribution < -0.4 is 5.32 Å². The number of nitrogens with one attached hydrogen (secondary N) is 1. The van der Waals surface area contributed by atoms with Crippen LogP contribution in [0.1, 0.15) is 35.9 Å². The average Bonchev–Trinajstić information content (AvgIpc) is 2.78. The van der Waals surface area contributed by atoms with Crippen molar-refractivity contribution in [3.63, 3.8) is 0 Å². The Morgan fingerprint density at radius 3 is 2.61 bits per heavy atom. The Bertz CT molecular complexity index is 528. The molecule has 2 heteroatoms. The van der Waals surface area contributed by atoms with Crippen LogP contribution in [0.3, 0.4) is 0 Å². The number of hydrogen-bond donors (Lipinski definition) is 1. The summed E-state index contributed by atoms with van der Waals surface area (Å²) in [6.45, 7) is 9.72. The predicted molar refractivity (Wildman–Crippen MR) is 81.3 cm³/mol. The molecule has 2 rings (SSSR count). The minimum Gasteiger partial charge on any atom is -0.310 e. The smallest absolute Gasteiger partial charge is 0.0386 e. The lowest BCUT2D eigenvalue weighted by atomic mass is 10.0. The van der Waals surface area contributed by atoms with Gasteiger partial charge in [-0.15, -0.1) is 11.3 Å². The molecule has 1 aromatic carbocycles. The molecular weight excluding hydrogens is 238 g/mol. The Labute approximate surface area is 114 Å². The molecule has 1 unspecified atom stereocenters. The SMILES string of the molecule is CCNC(C)c1ccc(-c2ccc(C)cc2C)s1. The summed E-state index contributed by atoms with van der Waals surface area (Å²) in [7, 11) is 0. The third-order valence-corrected chi connectivity index (χ3v) is 4.51. The van der Waals surface area contributed by atoms with Gasteiger partial charge in [-0.25, -0.2) is 0 Å². The average molecular weight is 259 g/mol. The van der Waals surface area contributed by atoms with Crippen LogP contribution in [0, 0.1) is 13.8 Å². The molecule has 0 aliphatic carbocycles. The molecule has 1 aromatic heterocycles. The van der Waals surface area contributed by atoms with Crippen molar-refractivity contribution in [1.29, 1.82) is 0 Å². The van der Waals surface area contributed by atoms with Crippen LogP contribution in [0.4, 0.5) is 0 Å². The minimum absolute atomic E-state index is 0.444. The lowest BCUT2D eigenvalue weighted by Gasteiger charge is -2.09. The van der Waals surface area contributed by atoms with E-state index in [-0.39, 0.29) is 0 Å². The zero-order valence-corrected chi connectivity index (χ0v) is 12.4. The first-order chi connectivity index (χ1) is 8.61. The van der Waals surface area contributed by atoms with Crippen LogP contribution in [0.15, 0.2) is 30.3 Å². The number of aryl methyl sites for hydroxylation is 2. The first kappa shape index (κ1) is 13.3. The van der Waals surface area contributed by atoms with Crippen molar-refractivity contribution >= 4 is 11.3 Å². The Kier molecular flexibility index (Phi) is 4.20. The molecule has 0 saturated heterocycles. The fraction of sp³-hybridized carbons (Fsp3) is 0.375. The molecule has 1 N–H and O–H groups in total. The van der Waals surface area contributed by atoms with E-state index >= 15 is 0 Å². The lowest BCUT2D eigenvalue weighted by molar-refractivity contribution is 0.607. The zero-order chi connectivity index (χ0) is 13.1. The van der Waals surface area contributed by atoms with Crippen LogP contribution in [-0.4, -0.2) is 6.54 Å². The quantitative estimate of drug-likeness (QED) is 0.839. The van der Waals surface area contributed by atoms with Gasteiger partial charge in [0.2, 0.25) is 0 Å². The monoisotopic (exact) mass is 259 g/mol. The van der Waals surface area contributed by atoms with Crippen LogP contribution in [0.2, 0.25) is 0 Å². The summed E-state index contributed by atoms with van der Waals surface area (Å²) in [5, 5.41) is 3.46. The highest BCUT2D eigenvalue weighted by Crippen LogP contribution is 2.33. The summed E-state index contributed by atoms with van der Waals surface area (Å²) in [5.41, 5.74) is 4.05. The maximum atomic E-state index is 3.46. The molecule has 0 fully saturated rings. The number of thiophene rings is 1. The summed E-state index contributed by atoms with van der Waals surface area (Å²) >= 11 is 1.89. The van der Waals surface area contributed by atoms with Crippen molar-refractivity contribution in [3.05, 3.63) is 46.3 Å². The third-order valence-electron chi connectivity index (χ3n) is 3.21. The maximum Gasteiger partial charge on any atom is 0.0386 e. The molecule has 0 bridgehead atoms. The molecule has 0 aliphatic rings. The Hall–Kier alpha value is -1.12. The standard InChI is InChI=1S/C16H21NS/c1-5-17-13(4)15-8-9-16(18-15)14-7-6-11(2)10-12(14)3/h6-10,13,17H,5H2,1-4H3. The highest BCUT2D eigenvalue weighted by atomic mass is 32.1. The molecule has 0 saturated carbocycles. The second-order valence-corrected chi connectivity index (χ2v) is 5.92. The lowest BCUT2D eigenvalue weighted by Crippen LogP contribution is -2.16. The summed E-state index contributed by atoms with van der Waals surface area (Å²) in [5.74, 6) is 0. The first-order valence-electron chi connectivity index (χ1n) is 6.52. The van der Waals surface area contributed by atoms with Gasteiger partial charge in [-0.2, -0.15) is 0 Å². The molecule has 18 heavy (non-hydrogen) atoms. The topological polar surface area (TPSA) is 12.0 Å². The van der Waals surface area contributed by atoms with Gasteiger partial charge in [0.1, 0.15) is 0 Å². The summed E-state index contributed by atoms with van der Waals surface area (Å²) in [4.78, 5) is 2.78. The van der Waals surface area contributed by atoms with Gasteiger partial charge in [0.15, 0.2) is 0 Å². The minimum atomic E-state index is 0.444. The van der Waals surface area contributed by atoms with Crippen LogP contribution in [0.25, 0.3) is 10.4 Å². The van der Waals surface area contributed by atoms with Crippen molar-refractivity contribution in [1.82, 2.24) is 5.32 Å². The number of rotatable bonds is 4. The van der Waals surface area contributed by atoms with Crippen molar-refractivity contribution in [2.75, 3.05) is 6.54 Å². The van der Waals surface area contributed by atoms with E-state index < -0.39 is 0 Å². The van der Waals surface area contributed by atoms with Crippen LogP contribution in [-0.2, 0) is 0 Å². The summed E-state index contributed by atoms with van der Waals surface area (Å²) in [6, 6.07) is 11.6. The molecule has 96 valence electrons. The molecular formula is C16H21NS. The van der Waals surface area contributed by atoms with E-state index in [1.807, 2.05) is 11.3 Å². The largest absolute Gasteiger partial charge is 0.310 e. The Morgan fingerprint density at radius 2 is 1.94 bits per heavy atom. The first-order valence-corrected chi connectivity index (χ1v) is 7.34. The van der Waals surface area contributed by atoms with E-state index in [9.17, 15) is 0 Å². The van der Waals surface area contributed by atoms with E-state index in [1.165, 1.54) is 26.4 Å². The fourth-order valence-corrected chi connectivity index (χ4v) is 3.35. The fourth-order valence-electron chi connectivity index (χ4n) is 2.23. The molecule has 2 aromatic rings. The number of hydrogen-bond acceptors (Lipinski definition) is 2. The molecule has 0 amide bonds. The normalized spacial score (nSPS) is 12.7. The molecule has 1 nitrogen and oxygen atoms in total. The van der Waals surface area contributed by atoms with Gasteiger partial charge in [-0.1, -0.05) is 30.7 Å². The van der Waals surface area contributed by atoms with Gasteiger partial charge >= 0.3 is 0 Å². The molecule has 0 aliphatic heterocycles. The maximum absolute atomic E-state index is 3.46. The van der Waals surface area contributed by atoms with Gasteiger partial charge < -0.3 is 5.32 Å². The molecule has 0 spiro atoms. The van der Waals surface area contributed by atoms with E-state index in [4.69, 9.17) is 0 Å². The van der Waals surface area contributed by atoms with Gasteiger partial charge in [-0.05, 0) is 50.6 Å². The highest BCUT2D eigenvalue weighted by Gasteiger charge is 2.09. The highest BCUT2D eigenvalue weighted by molar-refractivity contribution is 7.15. The predicted octanol–water partition coefficient (Wildman–Crippen LogP) is 4.70. The van der Waals surface area contributed by atoms with E-state index in [1.54, 1.807) is 0 Å². The summed E-state index contributed by atoms with van der Waals surface area (Å²) in [6.07, 6.45) is 0. The second-order valence-electron chi connectivity index (χ2n) is 4.80. The van der Waals surface area contributed by atoms with Gasteiger partial charge in [0, 0.05) is 15.8 Å². The van der Waals surface area contributed by atoms with Gasteiger partial charge in [0.25, 0.3) is 0 Å². The zero-order valence-electron chi connectivity index (χ0n) is 11.6. The van der Waals surface area contributed by atoms with Crippen LogP contribution >= 0.6 is 11.3 Å².